The molecule has 0 bridgehead atoms. The summed E-state index contributed by atoms with van der Waals surface area (Å²) in [6.07, 6.45) is 0.863. The molecule has 2 aliphatic heterocycles. The Kier molecular flexibility index (Phi) is 7.29. The van der Waals surface area contributed by atoms with E-state index in [1.54, 1.807) is 12.1 Å². The van der Waals surface area contributed by atoms with E-state index in [1.165, 1.54) is 23.0 Å². The molecule has 4 rings (SSSR count). The van der Waals surface area contributed by atoms with E-state index in [9.17, 15) is 13.2 Å². The van der Waals surface area contributed by atoms with Gasteiger partial charge < -0.3 is 15.5 Å². The van der Waals surface area contributed by atoms with Crippen molar-refractivity contribution in [3.05, 3.63) is 59.7 Å². The normalized spacial score (nSPS) is 20.7. The van der Waals surface area contributed by atoms with Gasteiger partial charge in [0.2, 0.25) is 0 Å². The molecule has 2 unspecified atom stereocenters. The van der Waals surface area contributed by atoms with E-state index in [1.807, 2.05) is 12.1 Å². The van der Waals surface area contributed by atoms with Gasteiger partial charge in [0.1, 0.15) is 0 Å². The van der Waals surface area contributed by atoms with Crippen molar-refractivity contribution >= 4 is 44.0 Å². The Morgan fingerprint density at radius 2 is 1.97 bits per heavy atom. The average Bonchev–Trinajstić information content (AvgIpc) is 3.26. The highest BCUT2D eigenvalue weighted by Crippen LogP contribution is 2.34. The highest BCUT2D eigenvalue weighted by atomic mass is 32.2. The van der Waals surface area contributed by atoms with Crippen LogP contribution in [-0.2, 0) is 9.84 Å². The van der Waals surface area contributed by atoms with Gasteiger partial charge in [0.05, 0.1) is 17.5 Å². The molecule has 1 amide bonds. The third-order valence-corrected chi connectivity index (χ3v) is 9.00. The molecule has 0 radical (unpaired) electrons. The molecule has 2 heterocycles. The minimum absolute atomic E-state index is 0.0112. The van der Waals surface area contributed by atoms with Gasteiger partial charge in [0, 0.05) is 41.8 Å². The van der Waals surface area contributed by atoms with Gasteiger partial charge in [-0.15, -0.1) is 0 Å². The number of amidine groups is 1. The molecule has 7 nitrogen and oxygen atoms in total. The van der Waals surface area contributed by atoms with Gasteiger partial charge in [0.15, 0.2) is 15.0 Å². The van der Waals surface area contributed by atoms with Crippen LogP contribution in [0.4, 0.5) is 11.4 Å². The van der Waals surface area contributed by atoms with Crippen LogP contribution in [0.25, 0.3) is 0 Å². The summed E-state index contributed by atoms with van der Waals surface area (Å²) < 4.78 is 23.4. The Morgan fingerprint density at radius 1 is 1.18 bits per heavy atom. The lowest BCUT2D eigenvalue weighted by Crippen LogP contribution is -2.30. The van der Waals surface area contributed by atoms with E-state index in [2.05, 4.69) is 58.6 Å². The zero-order valence-corrected chi connectivity index (χ0v) is 20.6. The number of amides is 1. The van der Waals surface area contributed by atoms with Gasteiger partial charge in [-0.25, -0.2) is 8.42 Å². The Labute approximate surface area is 200 Å². The number of carbonyl (C=O) groups is 1. The fourth-order valence-corrected chi connectivity index (χ4v) is 7.79. The molecule has 0 saturated carbocycles. The van der Waals surface area contributed by atoms with Crippen LogP contribution in [0.3, 0.4) is 0 Å². The van der Waals surface area contributed by atoms with Crippen LogP contribution in [0.1, 0.15) is 29.3 Å². The number of aliphatic imine (C=N–C) groups is 1. The summed E-state index contributed by atoms with van der Waals surface area (Å²) in [5, 5.41) is 6.99. The molecule has 33 heavy (non-hydrogen) atoms. The van der Waals surface area contributed by atoms with E-state index < -0.39 is 9.84 Å². The number of hydrogen-bond donors (Lipinski definition) is 2. The smallest absolute Gasteiger partial charge is 0.251 e. The molecular weight excluding hydrogens is 456 g/mol. The van der Waals surface area contributed by atoms with Crippen LogP contribution >= 0.6 is 11.8 Å². The highest BCUT2D eigenvalue weighted by Gasteiger charge is 2.42. The van der Waals surface area contributed by atoms with E-state index in [-0.39, 0.29) is 28.7 Å². The van der Waals surface area contributed by atoms with E-state index in [0.29, 0.717) is 12.1 Å². The lowest BCUT2D eigenvalue weighted by molar-refractivity contribution is 0.0953. The Balaban J connectivity index is 1.23. The third-order valence-electron chi connectivity index (χ3n) is 5.86. The maximum Gasteiger partial charge on any atom is 0.251 e. The first-order chi connectivity index (χ1) is 15.8. The first kappa shape index (κ1) is 23.6. The summed E-state index contributed by atoms with van der Waals surface area (Å²) in [6, 6.07) is 15.6. The van der Waals surface area contributed by atoms with Crippen LogP contribution in [0, 0.1) is 6.92 Å². The van der Waals surface area contributed by atoms with Crippen LogP contribution in [-0.4, -0.2) is 61.9 Å². The van der Waals surface area contributed by atoms with Gasteiger partial charge >= 0.3 is 0 Å². The number of sulfone groups is 1. The molecule has 176 valence electrons. The number of thioether (sulfide) groups is 1. The van der Waals surface area contributed by atoms with Gasteiger partial charge in [-0.1, -0.05) is 23.9 Å². The van der Waals surface area contributed by atoms with Crippen molar-refractivity contribution in [3.8, 4) is 0 Å². The van der Waals surface area contributed by atoms with Crippen molar-refractivity contribution in [1.29, 1.82) is 0 Å². The predicted octanol–water partition coefficient (Wildman–Crippen LogP) is 3.32. The molecule has 1 fully saturated rings. The zero-order valence-electron chi connectivity index (χ0n) is 19.0. The summed E-state index contributed by atoms with van der Waals surface area (Å²) in [6.45, 7) is 6.65. The van der Waals surface area contributed by atoms with Crippen molar-refractivity contribution in [1.82, 2.24) is 5.32 Å². The first-order valence-electron chi connectivity index (χ1n) is 11.2. The van der Waals surface area contributed by atoms with Crippen molar-refractivity contribution in [2.45, 2.75) is 31.6 Å². The Morgan fingerprint density at radius 3 is 2.67 bits per heavy atom. The first-order valence-corrected chi connectivity index (χ1v) is 13.9. The number of carbonyl (C=O) groups excluding carboxylic acids is 1. The molecule has 9 heteroatoms. The Hall–Kier alpha value is -2.52. The molecule has 2 aliphatic rings. The highest BCUT2D eigenvalue weighted by molar-refractivity contribution is 8.15. The second-order valence-corrected chi connectivity index (χ2v) is 11.8. The second-order valence-electron chi connectivity index (χ2n) is 8.47. The minimum Gasteiger partial charge on any atom is -0.372 e. The second kappa shape index (κ2) is 10.2. The van der Waals surface area contributed by atoms with E-state index in [0.717, 1.165) is 30.4 Å². The maximum atomic E-state index is 12.5. The van der Waals surface area contributed by atoms with Gasteiger partial charge in [-0.2, -0.15) is 0 Å². The number of fused-ring (bicyclic) bond motifs is 1. The minimum atomic E-state index is -2.95. The van der Waals surface area contributed by atoms with Crippen molar-refractivity contribution in [3.63, 3.8) is 0 Å². The SMILES string of the molecule is CCN(CCCNC(=O)c1ccc(NC2=NC3CS(=O)(=O)CC3S2)cc1)c1cccc(C)c1. The number of anilines is 2. The molecule has 2 N–H and O–H groups in total. The molecule has 0 aromatic heterocycles. The lowest BCUT2D eigenvalue weighted by atomic mass is 10.2. The average molecular weight is 487 g/mol. The number of hydrogen-bond acceptors (Lipinski definition) is 7. The zero-order chi connectivity index (χ0) is 23.4. The van der Waals surface area contributed by atoms with Crippen molar-refractivity contribution in [2.75, 3.05) is 41.4 Å². The summed E-state index contributed by atoms with van der Waals surface area (Å²) >= 11 is 1.48. The molecule has 0 aliphatic carbocycles. The molecule has 0 spiro atoms. The maximum absolute atomic E-state index is 12.5. The van der Waals surface area contributed by atoms with Crippen LogP contribution < -0.4 is 15.5 Å². The molecule has 2 atom stereocenters. The van der Waals surface area contributed by atoms with Crippen LogP contribution in [0.5, 0.6) is 0 Å². The molecular formula is C24H30N4O3S2. The summed E-state index contributed by atoms with van der Waals surface area (Å²) in [7, 11) is -2.95. The van der Waals surface area contributed by atoms with E-state index >= 15 is 0 Å². The fraction of sp³-hybridized carbons (Fsp3) is 0.417. The number of nitrogens with one attached hydrogen (secondary N) is 2. The van der Waals surface area contributed by atoms with Crippen molar-refractivity contribution < 1.29 is 13.2 Å². The molecule has 1 saturated heterocycles. The van der Waals surface area contributed by atoms with Crippen LogP contribution in [0.2, 0.25) is 0 Å². The van der Waals surface area contributed by atoms with E-state index in [4.69, 9.17) is 0 Å². The third kappa shape index (κ3) is 6.09. The monoisotopic (exact) mass is 486 g/mol. The standard InChI is InChI=1S/C24H30N4O3S2/c1-3-28(20-7-4-6-17(2)14-20)13-5-12-25-23(29)18-8-10-19(11-9-18)26-24-27-21-15-33(30,31)16-22(21)32-24/h4,6-11,14,21-22H,3,5,12-13,15-16H2,1-2H3,(H,25,29)(H,26,27). The largest absolute Gasteiger partial charge is 0.372 e. The van der Waals surface area contributed by atoms with Gasteiger partial charge in [0.25, 0.3) is 5.91 Å². The molecule has 2 aromatic rings. The molecule has 2 aromatic carbocycles. The lowest BCUT2D eigenvalue weighted by Gasteiger charge is -2.23. The number of rotatable bonds is 8. The Bertz CT molecular complexity index is 1130. The topological polar surface area (TPSA) is 90.9 Å². The predicted molar refractivity (Wildman–Crippen MR) is 137 cm³/mol. The number of benzene rings is 2. The quantitative estimate of drug-likeness (QED) is 0.557. The summed E-state index contributed by atoms with van der Waals surface area (Å²) in [5.41, 5.74) is 3.89. The number of nitrogens with zero attached hydrogens (tertiary/aromatic N) is 2. The summed E-state index contributed by atoms with van der Waals surface area (Å²) in [5.74, 6) is 0.236. The van der Waals surface area contributed by atoms with Gasteiger partial charge in [-0.3, -0.25) is 9.79 Å². The van der Waals surface area contributed by atoms with Crippen LogP contribution in [0.15, 0.2) is 53.5 Å². The number of aryl methyl sites for hydroxylation is 1. The van der Waals surface area contributed by atoms with Gasteiger partial charge in [-0.05, 0) is 62.2 Å². The van der Waals surface area contributed by atoms with Crippen molar-refractivity contribution in [2.24, 2.45) is 4.99 Å². The fourth-order valence-electron chi connectivity index (χ4n) is 4.11. The summed E-state index contributed by atoms with van der Waals surface area (Å²) in [4.78, 5) is 19.3.